The normalized spacial score (nSPS) is 28.0. The number of carbonyl (C=O) groups is 2. The number of nitrogens with zero attached hydrogens (tertiary/aromatic N) is 2. The van der Waals surface area contributed by atoms with Gasteiger partial charge in [0, 0.05) is 19.4 Å². The highest BCUT2D eigenvalue weighted by Crippen LogP contribution is 2.50. The van der Waals surface area contributed by atoms with Gasteiger partial charge in [0.25, 0.3) is 0 Å². The van der Waals surface area contributed by atoms with Crippen molar-refractivity contribution in [1.29, 1.82) is 0 Å². The Morgan fingerprint density at radius 1 is 1.17 bits per heavy atom. The van der Waals surface area contributed by atoms with Crippen LogP contribution in [0.3, 0.4) is 0 Å². The zero-order valence-electron chi connectivity index (χ0n) is 16.1. The molecule has 5 rings (SSSR count). The third-order valence-corrected chi connectivity index (χ3v) is 6.44. The quantitative estimate of drug-likeness (QED) is 0.801. The average Bonchev–Trinajstić information content (AvgIpc) is 3.35. The van der Waals surface area contributed by atoms with Crippen LogP contribution in [-0.4, -0.2) is 46.5 Å². The van der Waals surface area contributed by atoms with Gasteiger partial charge in [-0.3, -0.25) is 9.59 Å². The van der Waals surface area contributed by atoms with E-state index in [1.807, 2.05) is 46.2 Å². The Morgan fingerprint density at radius 2 is 2.00 bits per heavy atom. The maximum absolute atomic E-state index is 13.4. The van der Waals surface area contributed by atoms with Crippen LogP contribution in [0.15, 0.2) is 54.6 Å². The van der Waals surface area contributed by atoms with Gasteiger partial charge in [0.15, 0.2) is 5.72 Å². The zero-order valence-corrected chi connectivity index (χ0v) is 16.1. The number of ether oxygens (including phenoxy) is 1. The SMILES string of the molecule is O=C(CCc1cccc(F)c1)N1CC[C@@]23O[C@@H](c4ccccc4)CN2C(=O)C[C@@H]13. The van der Waals surface area contributed by atoms with Gasteiger partial charge >= 0.3 is 0 Å². The van der Waals surface area contributed by atoms with E-state index >= 15 is 0 Å². The molecular weight excluding hydrogens is 371 g/mol. The van der Waals surface area contributed by atoms with Gasteiger partial charge in [-0.15, -0.1) is 0 Å². The first-order valence-corrected chi connectivity index (χ1v) is 10.1. The van der Waals surface area contributed by atoms with E-state index in [9.17, 15) is 14.0 Å². The number of carbonyl (C=O) groups excluding carboxylic acids is 2. The van der Waals surface area contributed by atoms with Crippen LogP contribution in [0, 0.1) is 5.82 Å². The van der Waals surface area contributed by atoms with Crippen molar-refractivity contribution in [2.75, 3.05) is 13.1 Å². The highest BCUT2D eigenvalue weighted by molar-refractivity contribution is 5.85. The Morgan fingerprint density at radius 3 is 2.79 bits per heavy atom. The highest BCUT2D eigenvalue weighted by atomic mass is 19.1. The lowest BCUT2D eigenvalue weighted by Crippen LogP contribution is -2.48. The molecule has 0 saturated carbocycles. The molecule has 0 aliphatic carbocycles. The summed E-state index contributed by atoms with van der Waals surface area (Å²) >= 11 is 0. The van der Waals surface area contributed by atoms with Crippen molar-refractivity contribution in [3.63, 3.8) is 0 Å². The Balaban J connectivity index is 1.31. The van der Waals surface area contributed by atoms with Crippen LogP contribution in [0.4, 0.5) is 4.39 Å². The van der Waals surface area contributed by atoms with E-state index in [0.29, 0.717) is 38.8 Å². The topological polar surface area (TPSA) is 49.9 Å². The van der Waals surface area contributed by atoms with Crippen molar-refractivity contribution >= 4 is 11.8 Å². The third-order valence-electron chi connectivity index (χ3n) is 6.44. The minimum absolute atomic E-state index is 0.00227. The van der Waals surface area contributed by atoms with E-state index in [0.717, 1.165) is 11.1 Å². The molecule has 3 heterocycles. The van der Waals surface area contributed by atoms with Crippen LogP contribution in [-0.2, 0) is 20.7 Å². The van der Waals surface area contributed by atoms with Crippen molar-refractivity contribution in [2.24, 2.45) is 0 Å². The van der Waals surface area contributed by atoms with Crippen molar-refractivity contribution in [3.8, 4) is 0 Å². The van der Waals surface area contributed by atoms with Crippen LogP contribution in [0.5, 0.6) is 0 Å². The Bertz CT molecular complexity index is 950. The zero-order chi connectivity index (χ0) is 20.0. The number of hydrogen-bond donors (Lipinski definition) is 0. The molecular formula is C23H23FN2O3. The first-order chi connectivity index (χ1) is 14.1. The molecule has 2 aromatic rings. The molecule has 5 nitrogen and oxygen atoms in total. The first kappa shape index (κ1) is 18.3. The molecule has 1 spiro atoms. The highest BCUT2D eigenvalue weighted by Gasteiger charge is 2.64. The summed E-state index contributed by atoms with van der Waals surface area (Å²) in [6.07, 6.45) is 1.57. The number of benzene rings is 2. The van der Waals surface area contributed by atoms with Gasteiger partial charge in [-0.1, -0.05) is 42.5 Å². The predicted molar refractivity (Wildman–Crippen MR) is 104 cm³/mol. The molecule has 2 amide bonds. The van der Waals surface area contributed by atoms with Gasteiger partial charge in [0.1, 0.15) is 11.9 Å². The predicted octanol–water partition coefficient (Wildman–Crippen LogP) is 3.06. The van der Waals surface area contributed by atoms with E-state index in [2.05, 4.69) is 0 Å². The molecule has 3 aliphatic heterocycles. The number of aryl methyl sites for hydroxylation is 1. The minimum atomic E-state index is -0.702. The molecule has 6 heteroatoms. The van der Waals surface area contributed by atoms with E-state index in [-0.39, 0.29) is 29.8 Å². The molecule has 0 radical (unpaired) electrons. The van der Waals surface area contributed by atoms with Gasteiger partial charge in [0.2, 0.25) is 11.8 Å². The summed E-state index contributed by atoms with van der Waals surface area (Å²) in [5, 5.41) is 0. The number of amides is 2. The monoisotopic (exact) mass is 394 g/mol. The largest absolute Gasteiger partial charge is 0.343 e. The van der Waals surface area contributed by atoms with Crippen molar-refractivity contribution in [3.05, 3.63) is 71.5 Å². The summed E-state index contributed by atoms with van der Waals surface area (Å²) in [5.41, 5.74) is 1.16. The van der Waals surface area contributed by atoms with Crippen molar-refractivity contribution < 1.29 is 18.7 Å². The summed E-state index contributed by atoms with van der Waals surface area (Å²) in [6.45, 7) is 1.11. The summed E-state index contributed by atoms with van der Waals surface area (Å²) in [6, 6.07) is 16.0. The molecule has 0 unspecified atom stereocenters. The van der Waals surface area contributed by atoms with E-state index in [4.69, 9.17) is 4.74 Å². The van der Waals surface area contributed by atoms with E-state index in [1.165, 1.54) is 12.1 Å². The van der Waals surface area contributed by atoms with Gasteiger partial charge < -0.3 is 14.5 Å². The fourth-order valence-electron chi connectivity index (χ4n) is 5.05. The molecule has 3 saturated heterocycles. The van der Waals surface area contributed by atoms with Gasteiger partial charge in [-0.25, -0.2) is 4.39 Å². The van der Waals surface area contributed by atoms with Gasteiger partial charge in [-0.2, -0.15) is 0 Å². The number of halogens is 1. The molecule has 3 fully saturated rings. The van der Waals surface area contributed by atoms with Crippen LogP contribution < -0.4 is 0 Å². The summed E-state index contributed by atoms with van der Waals surface area (Å²) < 4.78 is 19.9. The summed E-state index contributed by atoms with van der Waals surface area (Å²) in [7, 11) is 0. The smallest absolute Gasteiger partial charge is 0.227 e. The number of hydrogen-bond acceptors (Lipinski definition) is 3. The minimum Gasteiger partial charge on any atom is -0.343 e. The van der Waals surface area contributed by atoms with Crippen LogP contribution >= 0.6 is 0 Å². The Hall–Kier alpha value is -2.73. The third kappa shape index (κ3) is 3.02. The lowest BCUT2D eigenvalue weighted by atomic mass is 10.1. The maximum atomic E-state index is 13.4. The van der Waals surface area contributed by atoms with E-state index in [1.54, 1.807) is 6.07 Å². The van der Waals surface area contributed by atoms with Crippen LogP contribution in [0.1, 0.15) is 36.5 Å². The Kier molecular flexibility index (Phi) is 4.39. The maximum Gasteiger partial charge on any atom is 0.227 e. The lowest BCUT2D eigenvalue weighted by molar-refractivity contribution is -0.142. The molecule has 2 aromatic carbocycles. The molecule has 0 aromatic heterocycles. The average molecular weight is 394 g/mol. The lowest BCUT2D eigenvalue weighted by Gasteiger charge is -2.32. The molecule has 29 heavy (non-hydrogen) atoms. The fourth-order valence-corrected chi connectivity index (χ4v) is 5.05. The molecule has 0 bridgehead atoms. The van der Waals surface area contributed by atoms with Crippen molar-refractivity contribution in [1.82, 2.24) is 9.80 Å². The second-order valence-electron chi connectivity index (χ2n) is 8.05. The standard InChI is InChI=1S/C23H23FN2O3/c24-18-8-4-5-16(13-18)9-10-21(27)25-12-11-23-20(25)14-22(28)26(23)15-19(29-23)17-6-2-1-3-7-17/h1-8,13,19-20H,9-12,14-15H2/t19-,20-,23+/m1/s1. The van der Waals surface area contributed by atoms with Crippen LogP contribution in [0.25, 0.3) is 0 Å². The second kappa shape index (κ2) is 6.95. The second-order valence-corrected chi connectivity index (χ2v) is 8.05. The van der Waals surface area contributed by atoms with E-state index < -0.39 is 5.72 Å². The van der Waals surface area contributed by atoms with Gasteiger partial charge in [-0.05, 0) is 29.7 Å². The molecule has 3 aliphatic rings. The molecule has 0 N–H and O–H groups in total. The van der Waals surface area contributed by atoms with Gasteiger partial charge in [0.05, 0.1) is 19.0 Å². The first-order valence-electron chi connectivity index (χ1n) is 10.1. The van der Waals surface area contributed by atoms with Crippen LogP contribution in [0.2, 0.25) is 0 Å². The number of likely N-dealkylation sites (tertiary alicyclic amines) is 1. The summed E-state index contributed by atoms with van der Waals surface area (Å²) in [4.78, 5) is 29.3. The number of rotatable bonds is 4. The molecule has 3 atom stereocenters. The summed E-state index contributed by atoms with van der Waals surface area (Å²) in [5.74, 6) is -0.243. The van der Waals surface area contributed by atoms with Crippen molar-refractivity contribution in [2.45, 2.75) is 43.6 Å². The Labute approximate surface area is 169 Å². The fraction of sp³-hybridized carbons (Fsp3) is 0.391. The molecule has 150 valence electrons.